The Kier molecular flexibility index (Phi) is 6.25. The van der Waals surface area contributed by atoms with Crippen LogP contribution in [0.5, 0.6) is 0 Å². The lowest BCUT2D eigenvalue weighted by atomic mass is 10.1. The number of nitriles is 1. The third kappa shape index (κ3) is 5.24. The van der Waals surface area contributed by atoms with Gasteiger partial charge in [0.1, 0.15) is 0 Å². The molecule has 0 radical (unpaired) electrons. The highest BCUT2D eigenvalue weighted by molar-refractivity contribution is 5.94. The number of urea groups is 1. The van der Waals surface area contributed by atoms with E-state index in [4.69, 9.17) is 11.0 Å². The van der Waals surface area contributed by atoms with E-state index in [-0.39, 0.29) is 18.5 Å². The molecule has 7 heteroatoms. The molecule has 106 valence electrons. The molecule has 1 fully saturated rings. The summed E-state index contributed by atoms with van der Waals surface area (Å²) < 4.78 is 0. The molecule has 7 nitrogen and oxygen atoms in total. The van der Waals surface area contributed by atoms with Crippen molar-refractivity contribution >= 4 is 11.9 Å². The summed E-state index contributed by atoms with van der Waals surface area (Å²) in [7, 11) is 0. The molecule has 19 heavy (non-hydrogen) atoms. The molecule has 0 aromatic carbocycles. The van der Waals surface area contributed by atoms with Gasteiger partial charge in [-0.1, -0.05) is 13.3 Å². The van der Waals surface area contributed by atoms with Crippen molar-refractivity contribution < 1.29 is 9.59 Å². The van der Waals surface area contributed by atoms with Crippen molar-refractivity contribution in [1.82, 2.24) is 15.1 Å². The molecule has 1 atom stereocenters. The zero-order valence-corrected chi connectivity index (χ0v) is 11.3. The molecule has 1 aliphatic heterocycles. The number of nitrogens with one attached hydrogen (secondary N) is 1. The molecule has 0 saturated carbocycles. The highest BCUT2D eigenvalue weighted by Gasteiger charge is 2.24. The summed E-state index contributed by atoms with van der Waals surface area (Å²) in [4.78, 5) is 26.0. The van der Waals surface area contributed by atoms with Gasteiger partial charge in [0.05, 0.1) is 18.7 Å². The van der Waals surface area contributed by atoms with Gasteiger partial charge in [-0.3, -0.25) is 19.9 Å². The van der Waals surface area contributed by atoms with E-state index in [0.29, 0.717) is 13.1 Å². The van der Waals surface area contributed by atoms with Crippen molar-refractivity contribution in [3.63, 3.8) is 0 Å². The summed E-state index contributed by atoms with van der Waals surface area (Å²) in [6.45, 7) is 5.20. The lowest BCUT2D eigenvalue weighted by Gasteiger charge is -2.36. The summed E-state index contributed by atoms with van der Waals surface area (Å²) in [5.41, 5.74) is 4.88. The fourth-order valence-electron chi connectivity index (χ4n) is 2.22. The second kappa shape index (κ2) is 7.71. The number of amides is 3. The lowest BCUT2D eigenvalue weighted by Crippen LogP contribution is -2.52. The van der Waals surface area contributed by atoms with Crippen molar-refractivity contribution in [2.75, 3.05) is 32.7 Å². The van der Waals surface area contributed by atoms with Gasteiger partial charge in [-0.05, 0) is 6.42 Å². The van der Waals surface area contributed by atoms with E-state index in [0.717, 1.165) is 25.9 Å². The van der Waals surface area contributed by atoms with Gasteiger partial charge in [-0.2, -0.15) is 5.26 Å². The smallest absolute Gasteiger partial charge is 0.318 e. The quantitative estimate of drug-likeness (QED) is 0.698. The molecule has 1 saturated heterocycles. The first kappa shape index (κ1) is 15.4. The first-order valence-corrected chi connectivity index (χ1v) is 6.52. The largest absolute Gasteiger partial charge is 0.351 e. The van der Waals surface area contributed by atoms with E-state index in [1.165, 1.54) is 0 Å². The first-order chi connectivity index (χ1) is 9.06. The Labute approximate surface area is 113 Å². The molecule has 0 spiro atoms. The van der Waals surface area contributed by atoms with Crippen molar-refractivity contribution in [2.24, 2.45) is 5.73 Å². The van der Waals surface area contributed by atoms with Crippen LogP contribution in [0.2, 0.25) is 0 Å². The molecule has 0 bridgehead atoms. The number of hydrogen-bond donors (Lipinski definition) is 2. The van der Waals surface area contributed by atoms with Gasteiger partial charge in [0.2, 0.25) is 5.91 Å². The van der Waals surface area contributed by atoms with E-state index in [1.807, 2.05) is 10.2 Å². The minimum atomic E-state index is -0.823. The van der Waals surface area contributed by atoms with Crippen LogP contribution in [0.25, 0.3) is 0 Å². The van der Waals surface area contributed by atoms with Crippen LogP contribution in [-0.4, -0.2) is 60.5 Å². The van der Waals surface area contributed by atoms with E-state index >= 15 is 0 Å². The maximum atomic E-state index is 11.4. The highest BCUT2D eigenvalue weighted by Crippen LogP contribution is 2.10. The van der Waals surface area contributed by atoms with Gasteiger partial charge in [-0.25, -0.2) is 4.79 Å². The Bertz CT molecular complexity index is 358. The SMILES string of the molecule is CCCC(C#N)N1CCN(CC(=O)NC(N)=O)CC1. The Morgan fingerprint density at radius 3 is 2.47 bits per heavy atom. The maximum Gasteiger partial charge on any atom is 0.318 e. The van der Waals surface area contributed by atoms with E-state index in [1.54, 1.807) is 0 Å². The zero-order valence-electron chi connectivity index (χ0n) is 11.3. The van der Waals surface area contributed by atoms with Crippen LogP contribution in [0.4, 0.5) is 4.79 Å². The average Bonchev–Trinajstić information content (AvgIpc) is 2.36. The molecule has 1 heterocycles. The predicted octanol–water partition coefficient (Wildman–Crippen LogP) is -0.509. The monoisotopic (exact) mass is 267 g/mol. The normalized spacial score (nSPS) is 18.5. The fourth-order valence-corrected chi connectivity index (χ4v) is 2.22. The number of nitrogens with two attached hydrogens (primary N) is 1. The third-order valence-electron chi connectivity index (χ3n) is 3.19. The Morgan fingerprint density at radius 1 is 1.37 bits per heavy atom. The van der Waals surface area contributed by atoms with Gasteiger partial charge in [-0.15, -0.1) is 0 Å². The number of carbonyl (C=O) groups is 2. The average molecular weight is 267 g/mol. The third-order valence-corrected chi connectivity index (χ3v) is 3.19. The van der Waals surface area contributed by atoms with Gasteiger partial charge >= 0.3 is 6.03 Å². The van der Waals surface area contributed by atoms with Crippen LogP contribution in [0.15, 0.2) is 0 Å². The molecular formula is C12H21N5O2. The van der Waals surface area contributed by atoms with Gasteiger partial charge in [0.15, 0.2) is 0 Å². The number of imide groups is 1. The molecule has 1 aliphatic rings. The van der Waals surface area contributed by atoms with E-state index in [9.17, 15) is 9.59 Å². The molecule has 0 aromatic heterocycles. The number of hydrogen-bond acceptors (Lipinski definition) is 5. The van der Waals surface area contributed by atoms with Crippen LogP contribution in [0.3, 0.4) is 0 Å². The number of nitrogens with zero attached hydrogens (tertiary/aromatic N) is 3. The topological polar surface area (TPSA) is 102 Å². The highest BCUT2D eigenvalue weighted by atomic mass is 16.2. The molecule has 1 unspecified atom stereocenters. The Balaban J connectivity index is 2.34. The van der Waals surface area contributed by atoms with Crippen LogP contribution in [0.1, 0.15) is 19.8 Å². The standard InChI is InChI=1S/C12H21N5O2/c1-2-3-10(8-13)17-6-4-16(5-7-17)9-11(18)15-12(14)19/h10H,2-7,9H2,1H3,(H3,14,15,18,19). The molecular weight excluding hydrogens is 246 g/mol. The van der Waals surface area contributed by atoms with Crippen LogP contribution < -0.4 is 11.1 Å². The minimum absolute atomic E-state index is 0.0356. The Hall–Kier alpha value is -1.65. The van der Waals surface area contributed by atoms with Crippen molar-refractivity contribution in [2.45, 2.75) is 25.8 Å². The minimum Gasteiger partial charge on any atom is -0.351 e. The molecule has 0 aromatic rings. The van der Waals surface area contributed by atoms with Crippen LogP contribution in [-0.2, 0) is 4.79 Å². The Morgan fingerprint density at radius 2 is 2.00 bits per heavy atom. The van der Waals surface area contributed by atoms with Crippen molar-refractivity contribution in [3.05, 3.63) is 0 Å². The van der Waals surface area contributed by atoms with Gasteiger partial charge in [0.25, 0.3) is 0 Å². The van der Waals surface area contributed by atoms with Crippen molar-refractivity contribution in [1.29, 1.82) is 5.26 Å². The van der Waals surface area contributed by atoms with Crippen molar-refractivity contribution in [3.8, 4) is 6.07 Å². The number of primary amides is 1. The fraction of sp³-hybridized carbons (Fsp3) is 0.750. The summed E-state index contributed by atoms with van der Waals surface area (Å²) >= 11 is 0. The van der Waals surface area contributed by atoms with Crippen LogP contribution >= 0.6 is 0 Å². The summed E-state index contributed by atoms with van der Waals surface area (Å²) in [6, 6.07) is 1.46. The first-order valence-electron chi connectivity index (χ1n) is 6.52. The van der Waals surface area contributed by atoms with Gasteiger partial charge in [0, 0.05) is 26.2 Å². The number of rotatable bonds is 5. The molecule has 1 rings (SSSR count). The summed E-state index contributed by atoms with van der Waals surface area (Å²) in [5, 5.41) is 11.1. The van der Waals surface area contributed by atoms with E-state index < -0.39 is 6.03 Å². The van der Waals surface area contributed by atoms with E-state index in [2.05, 4.69) is 17.9 Å². The molecule has 3 N–H and O–H groups in total. The lowest BCUT2D eigenvalue weighted by molar-refractivity contribution is -0.121. The zero-order chi connectivity index (χ0) is 14.3. The van der Waals surface area contributed by atoms with Crippen LogP contribution in [0, 0.1) is 11.3 Å². The molecule has 0 aliphatic carbocycles. The second-order valence-electron chi connectivity index (χ2n) is 4.66. The number of piperazine rings is 1. The summed E-state index contributed by atoms with van der Waals surface area (Å²) in [5.74, 6) is -0.383. The van der Waals surface area contributed by atoms with Gasteiger partial charge < -0.3 is 5.73 Å². The summed E-state index contributed by atoms with van der Waals surface area (Å²) in [6.07, 6.45) is 1.86. The molecule has 3 amide bonds. The second-order valence-corrected chi connectivity index (χ2v) is 4.66. The predicted molar refractivity (Wildman–Crippen MR) is 70.0 cm³/mol. The maximum absolute atomic E-state index is 11.4. The number of carbonyl (C=O) groups excluding carboxylic acids is 2.